The van der Waals surface area contributed by atoms with Gasteiger partial charge in [-0.25, -0.2) is 13.6 Å². The minimum atomic E-state index is -1.17. The third-order valence-corrected chi connectivity index (χ3v) is 5.46. The van der Waals surface area contributed by atoms with Crippen molar-refractivity contribution in [2.45, 2.75) is 30.4 Å². The molecule has 0 unspecified atom stereocenters. The van der Waals surface area contributed by atoms with Crippen LogP contribution in [0.5, 0.6) is 0 Å². The molecule has 0 spiro atoms. The van der Waals surface area contributed by atoms with Crippen LogP contribution in [0.3, 0.4) is 0 Å². The molecule has 1 aliphatic carbocycles. The average Bonchev–Trinajstić information content (AvgIpc) is 2.97. The topological polar surface area (TPSA) is 38.3 Å². The van der Waals surface area contributed by atoms with Crippen LogP contribution in [0.4, 0.5) is 14.5 Å². The summed E-state index contributed by atoms with van der Waals surface area (Å²) in [5, 5.41) is 2.98. The largest absolute Gasteiger partial charge is 0.465 e. The molecular weight excluding hydrogens is 296 g/mol. The summed E-state index contributed by atoms with van der Waals surface area (Å²) in [5.41, 5.74) is -0.304. The molecule has 0 aromatic heterocycles. The highest BCUT2D eigenvalue weighted by Crippen LogP contribution is 2.40. The highest BCUT2D eigenvalue weighted by atomic mass is 32.2. The summed E-state index contributed by atoms with van der Waals surface area (Å²) in [5.74, 6) is -3.09. The maximum atomic E-state index is 14.0. The molecule has 1 fully saturated rings. The van der Waals surface area contributed by atoms with Crippen LogP contribution in [-0.4, -0.2) is 30.6 Å². The highest BCUT2D eigenvalue weighted by Gasteiger charge is 2.33. The first-order valence-electron chi connectivity index (χ1n) is 6.88. The van der Waals surface area contributed by atoms with Crippen LogP contribution in [0, 0.1) is 11.6 Å². The standard InChI is InChI=1S/C15H19F2NO2S/c1-20-14(19)10-5-6-11(13(17)12(10)16)18-9-15(21-2)7-3-4-8-15/h5-6,18H,3-4,7-9H2,1-2H3. The Kier molecular flexibility index (Phi) is 5.08. The Morgan fingerprint density at radius 1 is 1.33 bits per heavy atom. The van der Waals surface area contributed by atoms with E-state index in [1.54, 1.807) is 11.8 Å². The molecule has 2 rings (SSSR count). The number of hydrogen-bond acceptors (Lipinski definition) is 4. The Bertz CT molecular complexity index is 531. The summed E-state index contributed by atoms with van der Waals surface area (Å²) < 4.78 is 32.4. The third-order valence-electron chi connectivity index (χ3n) is 4.04. The molecule has 6 heteroatoms. The minimum absolute atomic E-state index is 0.0838. The fourth-order valence-electron chi connectivity index (χ4n) is 2.68. The van der Waals surface area contributed by atoms with E-state index in [2.05, 4.69) is 10.1 Å². The minimum Gasteiger partial charge on any atom is -0.465 e. The highest BCUT2D eigenvalue weighted by molar-refractivity contribution is 8.00. The number of thioether (sulfide) groups is 1. The Morgan fingerprint density at radius 2 is 2.00 bits per heavy atom. The van der Waals surface area contributed by atoms with Gasteiger partial charge >= 0.3 is 5.97 Å². The van der Waals surface area contributed by atoms with Crippen molar-refractivity contribution in [3.05, 3.63) is 29.3 Å². The number of carbonyl (C=O) groups excluding carboxylic acids is 1. The number of halogens is 2. The van der Waals surface area contributed by atoms with Gasteiger partial charge in [-0.1, -0.05) is 12.8 Å². The number of benzene rings is 1. The number of nitrogens with one attached hydrogen (secondary N) is 1. The Hall–Kier alpha value is -1.30. The summed E-state index contributed by atoms with van der Waals surface area (Å²) >= 11 is 1.77. The Morgan fingerprint density at radius 3 is 2.57 bits per heavy atom. The third kappa shape index (κ3) is 3.31. The van der Waals surface area contributed by atoms with Crippen molar-refractivity contribution in [3.63, 3.8) is 0 Å². The first-order valence-corrected chi connectivity index (χ1v) is 8.11. The van der Waals surface area contributed by atoms with Gasteiger partial charge in [-0.2, -0.15) is 11.8 Å². The molecule has 0 aliphatic heterocycles. The maximum Gasteiger partial charge on any atom is 0.340 e. The molecule has 3 nitrogen and oxygen atoms in total. The molecule has 116 valence electrons. The van der Waals surface area contributed by atoms with Gasteiger partial charge in [0.1, 0.15) is 0 Å². The number of ether oxygens (including phenoxy) is 1. The van der Waals surface area contributed by atoms with E-state index in [0.29, 0.717) is 6.54 Å². The second-order valence-corrected chi connectivity index (χ2v) is 6.50. The van der Waals surface area contributed by atoms with E-state index in [-0.39, 0.29) is 16.0 Å². The molecule has 1 N–H and O–H groups in total. The van der Waals surface area contributed by atoms with Gasteiger partial charge in [0.05, 0.1) is 18.4 Å². The van der Waals surface area contributed by atoms with Gasteiger partial charge in [0.25, 0.3) is 0 Å². The predicted octanol–water partition coefficient (Wildman–Crippen LogP) is 3.84. The normalized spacial score (nSPS) is 16.8. The van der Waals surface area contributed by atoms with Crippen molar-refractivity contribution in [1.82, 2.24) is 0 Å². The SMILES string of the molecule is COC(=O)c1ccc(NCC2(SC)CCCC2)c(F)c1F. The van der Waals surface area contributed by atoms with Crippen LogP contribution in [0.2, 0.25) is 0 Å². The molecule has 1 saturated carbocycles. The van der Waals surface area contributed by atoms with Crippen molar-refractivity contribution >= 4 is 23.4 Å². The molecule has 21 heavy (non-hydrogen) atoms. The number of rotatable bonds is 5. The van der Waals surface area contributed by atoms with Crippen LogP contribution >= 0.6 is 11.8 Å². The molecule has 0 radical (unpaired) electrons. The van der Waals surface area contributed by atoms with E-state index in [0.717, 1.165) is 20.0 Å². The first kappa shape index (κ1) is 16.1. The monoisotopic (exact) mass is 315 g/mol. The summed E-state index contributed by atoms with van der Waals surface area (Å²) in [6, 6.07) is 2.63. The van der Waals surface area contributed by atoms with Crippen molar-refractivity contribution in [3.8, 4) is 0 Å². The fraction of sp³-hybridized carbons (Fsp3) is 0.533. The van der Waals surface area contributed by atoms with E-state index < -0.39 is 17.6 Å². The summed E-state index contributed by atoms with van der Waals surface area (Å²) in [7, 11) is 1.13. The van der Waals surface area contributed by atoms with Crippen LogP contribution in [-0.2, 0) is 4.74 Å². The zero-order valence-electron chi connectivity index (χ0n) is 12.2. The second-order valence-electron chi connectivity index (χ2n) is 5.23. The molecule has 1 aliphatic rings. The van der Waals surface area contributed by atoms with Gasteiger partial charge < -0.3 is 10.1 Å². The molecule has 0 heterocycles. The van der Waals surface area contributed by atoms with Gasteiger partial charge in [0.15, 0.2) is 11.6 Å². The van der Waals surface area contributed by atoms with E-state index >= 15 is 0 Å². The quantitative estimate of drug-likeness (QED) is 0.838. The van der Waals surface area contributed by atoms with Crippen molar-refractivity contribution in [2.75, 3.05) is 25.2 Å². The predicted molar refractivity (Wildman–Crippen MR) is 80.9 cm³/mol. The first-order chi connectivity index (χ1) is 10.0. The summed E-state index contributed by atoms with van der Waals surface area (Å²) in [4.78, 5) is 11.3. The summed E-state index contributed by atoms with van der Waals surface area (Å²) in [6.45, 7) is 0.585. The van der Waals surface area contributed by atoms with E-state index in [1.165, 1.54) is 25.0 Å². The Labute approximate surface area is 127 Å². The number of anilines is 1. The lowest BCUT2D eigenvalue weighted by Crippen LogP contribution is -2.30. The van der Waals surface area contributed by atoms with E-state index in [9.17, 15) is 13.6 Å². The van der Waals surface area contributed by atoms with Crippen molar-refractivity contribution in [1.29, 1.82) is 0 Å². The van der Waals surface area contributed by atoms with E-state index in [1.807, 2.05) is 6.26 Å². The van der Waals surface area contributed by atoms with Gasteiger partial charge in [0.2, 0.25) is 0 Å². The van der Waals surface area contributed by atoms with Crippen LogP contribution in [0.25, 0.3) is 0 Å². The second kappa shape index (κ2) is 6.64. The van der Waals surface area contributed by atoms with Crippen LogP contribution in [0.15, 0.2) is 12.1 Å². The molecule has 0 amide bonds. The van der Waals surface area contributed by atoms with Gasteiger partial charge in [-0.05, 0) is 31.2 Å². The molecular formula is C15H19F2NO2S. The smallest absolute Gasteiger partial charge is 0.340 e. The molecule has 0 bridgehead atoms. The Balaban J connectivity index is 2.14. The van der Waals surface area contributed by atoms with Crippen molar-refractivity contribution in [2.24, 2.45) is 0 Å². The molecule has 0 saturated heterocycles. The van der Waals surface area contributed by atoms with E-state index in [4.69, 9.17) is 0 Å². The number of methoxy groups -OCH3 is 1. The average molecular weight is 315 g/mol. The number of hydrogen-bond donors (Lipinski definition) is 1. The van der Waals surface area contributed by atoms with Gasteiger partial charge in [-0.15, -0.1) is 0 Å². The lowest BCUT2D eigenvalue weighted by Gasteiger charge is -2.27. The molecule has 0 atom stereocenters. The zero-order valence-corrected chi connectivity index (χ0v) is 13.0. The summed E-state index contributed by atoms with van der Waals surface area (Å²) in [6.07, 6.45) is 6.53. The van der Waals surface area contributed by atoms with Crippen molar-refractivity contribution < 1.29 is 18.3 Å². The van der Waals surface area contributed by atoms with Gasteiger partial charge in [0, 0.05) is 11.3 Å². The molecule has 1 aromatic rings. The van der Waals surface area contributed by atoms with Gasteiger partial charge in [-0.3, -0.25) is 0 Å². The van der Waals surface area contributed by atoms with Crippen LogP contribution < -0.4 is 5.32 Å². The van der Waals surface area contributed by atoms with Crippen LogP contribution in [0.1, 0.15) is 36.0 Å². The number of esters is 1. The fourth-order valence-corrected chi connectivity index (χ4v) is 3.60. The lowest BCUT2D eigenvalue weighted by molar-refractivity contribution is 0.0594. The molecule has 1 aromatic carbocycles. The maximum absolute atomic E-state index is 14.0. The lowest BCUT2D eigenvalue weighted by atomic mass is 10.1. The zero-order chi connectivity index (χ0) is 15.5. The number of carbonyl (C=O) groups is 1.